The van der Waals surface area contributed by atoms with Crippen molar-refractivity contribution in [3.8, 4) is 5.75 Å². The van der Waals surface area contributed by atoms with Gasteiger partial charge in [0.1, 0.15) is 10.4 Å². The van der Waals surface area contributed by atoms with Crippen LogP contribution in [-0.4, -0.2) is 17.3 Å². The molecule has 0 bridgehead atoms. The monoisotopic (exact) mass is 374 g/mol. The van der Waals surface area contributed by atoms with Crippen LogP contribution in [0.5, 0.6) is 5.75 Å². The lowest BCUT2D eigenvalue weighted by Gasteiger charge is -2.10. The average molecular weight is 375 g/mol. The van der Waals surface area contributed by atoms with E-state index < -0.39 is 6.36 Å². The molecule has 0 atom stereocenters. The molecule has 0 aliphatic heterocycles. The van der Waals surface area contributed by atoms with Crippen LogP contribution in [0.25, 0.3) is 0 Å². The van der Waals surface area contributed by atoms with Crippen LogP contribution in [0.2, 0.25) is 0 Å². The van der Waals surface area contributed by atoms with E-state index in [0.29, 0.717) is 15.9 Å². The Bertz CT molecular complexity index is 660. The first-order valence-corrected chi connectivity index (χ1v) is 6.87. The van der Waals surface area contributed by atoms with Crippen molar-refractivity contribution in [2.45, 2.75) is 12.8 Å². The lowest BCUT2D eigenvalue weighted by atomic mass is 10.1. The van der Waals surface area contributed by atoms with Crippen molar-refractivity contribution in [2.24, 2.45) is 0 Å². The van der Waals surface area contributed by atoms with Crippen LogP contribution < -0.4 is 10.1 Å². The van der Waals surface area contributed by atoms with Gasteiger partial charge in [-0.05, 0) is 45.8 Å². The third-order valence-corrected chi connectivity index (χ3v) is 2.98. The van der Waals surface area contributed by atoms with Gasteiger partial charge in [-0.25, -0.2) is 4.98 Å². The van der Waals surface area contributed by atoms with E-state index in [2.05, 4.69) is 31.0 Å². The number of hydrogen-bond acceptors (Lipinski definition) is 3. The largest absolute Gasteiger partial charge is 0.573 e. The molecule has 0 unspecified atom stereocenters. The molecule has 0 spiro atoms. The van der Waals surface area contributed by atoms with E-state index in [-0.39, 0.29) is 18.1 Å². The number of benzene rings is 1. The average Bonchev–Trinajstić information content (AvgIpc) is 2.40. The van der Waals surface area contributed by atoms with E-state index in [1.807, 2.05) is 0 Å². The molecule has 1 aromatic heterocycles. The number of rotatable bonds is 4. The maximum atomic E-state index is 12.1. The Morgan fingerprint density at radius 3 is 2.68 bits per heavy atom. The fraction of sp³-hybridized carbons (Fsp3) is 0.143. The molecule has 1 aromatic carbocycles. The van der Waals surface area contributed by atoms with Gasteiger partial charge in [0.05, 0.1) is 18.3 Å². The number of amides is 1. The zero-order chi connectivity index (χ0) is 16.2. The van der Waals surface area contributed by atoms with Crippen LogP contribution >= 0.6 is 15.9 Å². The summed E-state index contributed by atoms with van der Waals surface area (Å²) in [6, 6.07) is 8.60. The predicted molar refractivity (Wildman–Crippen MR) is 77.4 cm³/mol. The molecule has 0 aliphatic carbocycles. The van der Waals surface area contributed by atoms with Crippen LogP contribution in [0.1, 0.15) is 5.56 Å². The zero-order valence-electron chi connectivity index (χ0n) is 11.0. The number of nitrogens with one attached hydrogen (secondary N) is 1. The van der Waals surface area contributed by atoms with Crippen molar-refractivity contribution in [1.82, 2.24) is 4.98 Å². The van der Waals surface area contributed by atoms with Gasteiger partial charge in [0.25, 0.3) is 0 Å². The number of hydrogen-bond donors (Lipinski definition) is 1. The third-order valence-electron chi connectivity index (χ3n) is 2.51. The number of nitrogens with zero attached hydrogens (tertiary/aromatic N) is 1. The van der Waals surface area contributed by atoms with Gasteiger partial charge in [-0.2, -0.15) is 0 Å². The van der Waals surface area contributed by atoms with Crippen LogP contribution in [0.3, 0.4) is 0 Å². The molecule has 4 nitrogen and oxygen atoms in total. The number of carbonyl (C=O) groups is 1. The Labute approximate surface area is 132 Å². The molecule has 1 amide bonds. The van der Waals surface area contributed by atoms with Crippen molar-refractivity contribution in [2.75, 3.05) is 5.32 Å². The van der Waals surface area contributed by atoms with Crippen LogP contribution in [0, 0.1) is 0 Å². The maximum Gasteiger partial charge on any atom is 0.573 e. The smallest absolute Gasteiger partial charge is 0.406 e. The summed E-state index contributed by atoms with van der Waals surface area (Å²) in [5.74, 6) is -0.726. The first kappa shape index (κ1) is 16.3. The van der Waals surface area contributed by atoms with E-state index in [4.69, 9.17) is 0 Å². The number of pyridine rings is 1. The SMILES string of the molecule is O=C(Cc1cccc(OC(F)(F)F)c1)Nc1ccc(Br)nc1. The molecule has 116 valence electrons. The highest BCUT2D eigenvalue weighted by Gasteiger charge is 2.31. The van der Waals surface area contributed by atoms with Gasteiger partial charge >= 0.3 is 6.36 Å². The number of carbonyl (C=O) groups excluding carboxylic acids is 1. The fourth-order valence-electron chi connectivity index (χ4n) is 1.69. The topological polar surface area (TPSA) is 51.2 Å². The quantitative estimate of drug-likeness (QED) is 0.825. The lowest BCUT2D eigenvalue weighted by molar-refractivity contribution is -0.274. The molecule has 22 heavy (non-hydrogen) atoms. The standard InChI is InChI=1S/C14H10BrF3N2O2/c15-12-5-4-10(8-19-12)20-13(21)7-9-2-1-3-11(6-9)22-14(16,17)18/h1-6,8H,7H2,(H,20,21). The summed E-state index contributed by atoms with van der Waals surface area (Å²) in [5.41, 5.74) is 0.903. The molecule has 8 heteroatoms. The first-order valence-electron chi connectivity index (χ1n) is 6.08. The zero-order valence-corrected chi connectivity index (χ0v) is 12.6. The second-order valence-corrected chi connectivity index (χ2v) is 5.10. The van der Waals surface area contributed by atoms with E-state index in [9.17, 15) is 18.0 Å². The summed E-state index contributed by atoms with van der Waals surface area (Å²) >= 11 is 3.17. The van der Waals surface area contributed by atoms with Crippen molar-refractivity contribution in [3.63, 3.8) is 0 Å². The molecule has 0 saturated heterocycles. The number of aromatic nitrogens is 1. The molecule has 2 rings (SSSR count). The molecule has 0 fully saturated rings. The van der Waals surface area contributed by atoms with Gasteiger partial charge in [-0.3, -0.25) is 4.79 Å². The molecule has 0 saturated carbocycles. The van der Waals surface area contributed by atoms with E-state index >= 15 is 0 Å². The normalized spacial score (nSPS) is 11.1. The van der Waals surface area contributed by atoms with Gasteiger partial charge < -0.3 is 10.1 Å². The molecule has 2 aromatic rings. The number of anilines is 1. The van der Waals surface area contributed by atoms with E-state index in [0.717, 1.165) is 0 Å². The van der Waals surface area contributed by atoms with Crippen LogP contribution in [-0.2, 0) is 11.2 Å². The van der Waals surface area contributed by atoms with Crippen molar-refractivity contribution >= 4 is 27.5 Å². The number of alkyl halides is 3. The number of halogens is 4. The second kappa shape index (κ2) is 6.78. The maximum absolute atomic E-state index is 12.1. The molecule has 0 radical (unpaired) electrons. The van der Waals surface area contributed by atoms with E-state index in [1.54, 1.807) is 18.2 Å². The summed E-state index contributed by atoms with van der Waals surface area (Å²) in [6.07, 6.45) is -3.37. The summed E-state index contributed by atoms with van der Waals surface area (Å²) in [7, 11) is 0. The Morgan fingerprint density at radius 1 is 1.27 bits per heavy atom. The predicted octanol–water partition coefficient (Wildman–Crippen LogP) is 3.92. The van der Waals surface area contributed by atoms with Crippen molar-refractivity contribution in [3.05, 3.63) is 52.8 Å². The number of ether oxygens (including phenoxy) is 1. The summed E-state index contributed by atoms with van der Waals surface area (Å²) in [4.78, 5) is 15.8. The highest BCUT2D eigenvalue weighted by molar-refractivity contribution is 9.10. The van der Waals surface area contributed by atoms with Gasteiger partial charge in [0, 0.05) is 0 Å². The Balaban J connectivity index is 1.99. The minimum absolute atomic E-state index is 0.0783. The van der Waals surface area contributed by atoms with Crippen LogP contribution in [0.4, 0.5) is 18.9 Å². The van der Waals surface area contributed by atoms with E-state index in [1.165, 1.54) is 24.4 Å². The van der Waals surface area contributed by atoms with Crippen molar-refractivity contribution in [1.29, 1.82) is 0 Å². The highest BCUT2D eigenvalue weighted by Crippen LogP contribution is 2.23. The molecular formula is C14H10BrF3N2O2. The Kier molecular flexibility index (Phi) is 5.02. The fourth-order valence-corrected chi connectivity index (χ4v) is 1.93. The Hall–Kier alpha value is -2.09. The summed E-state index contributed by atoms with van der Waals surface area (Å²) in [6.45, 7) is 0. The van der Waals surface area contributed by atoms with Gasteiger partial charge in [0.2, 0.25) is 5.91 Å². The minimum Gasteiger partial charge on any atom is -0.406 e. The molecular weight excluding hydrogens is 365 g/mol. The highest BCUT2D eigenvalue weighted by atomic mass is 79.9. The van der Waals surface area contributed by atoms with Gasteiger partial charge in [-0.1, -0.05) is 12.1 Å². The summed E-state index contributed by atoms with van der Waals surface area (Å²) in [5, 5.41) is 2.60. The second-order valence-electron chi connectivity index (χ2n) is 4.29. The minimum atomic E-state index is -4.76. The summed E-state index contributed by atoms with van der Waals surface area (Å²) < 4.78 is 40.9. The first-order chi connectivity index (χ1) is 10.3. The molecule has 1 heterocycles. The third kappa shape index (κ3) is 5.36. The van der Waals surface area contributed by atoms with Gasteiger partial charge in [-0.15, -0.1) is 13.2 Å². The Morgan fingerprint density at radius 2 is 2.05 bits per heavy atom. The molecule has 0 aliphatic rings. The van der Waals surface area contributed by atoms with Crippen LogP contribution in [0.15, 0.2) is 47.2 Å². The molecule has 1 N–H and O–H groups in total. The lowest BCUT2D eigenvalue weighted by Crippen LogP contribution is -2.18. The van der Waals surface area contributed by atoms with Gasteiger partial charge in [0.15, 0.2) is 0 Å². The van der Waals surface area contributed by atoms with Crippen molar-refractivity contribution < 1.29 is 22.7 Å².